The van der Waals surface area contributed by atoms with Gasteiger partial charge < -0.3 is 15.0 Å². The first-order chi connectivity index (χ1) is 9.01. The van der Waals surface area contributed by atoms with E-state index in [0.717, 1.165) is 0 Å². The van der Waals surface area contributed by atoms with Gasteiger partial charge in [-0.05, 0) is 13.8 Å². The first kappa shape index (κ1) is 15.1. The Bertz CT molecular complexity index is 438. The second kappa shape index (κ2) is 6.83. The van der Waals surface area contributed by atoms with Gasteiger partial charge in [0.15, 0.2) is 0 Å². The number of anilines is 2. The third kappa shape index (κ3) is 3.75. The van der Waals surface area contributed by atoms with E-state index in [1.165, 1.54) is 6.20 Å². The Morgan fingerprint density at radius 3 is 2.74 bits per heavy atom. The van der Waals surface area contributed by atoms with E-state index in [1.807, 2.05) is 18.7 Å². The van der Waals surface area contributed by atoms with Crippen molar-refractivity contribution in [3.05, 3.63) is 16.3 Å². The van der Waals surface area contributed by atoms with Gasteiger partial charge in [-0.15, -0.1) is 0 Å². The second-order valence-electron chi connectivity index (χ2n) is 4.19. The lowest BCUT2D eigenvalue weighted by Crippen LogP contribution is -2.35. The first-order valence-corrected chi connectivity index (χ1v) is 5.96. The summed E-state index contributed by atoms with van der Waals surface area (Å²) in [5, 5.41) is 13.9. The number of methoxy groups -OCH3 is 1. The smallest absolute Gasteiger partial charge is 0.329 e. The van der Waals surface area contributed by atoms with Gasteiger partial charge in [0.05, 0.1) is 11.5 Å². The Labute approximate surface area is 112 Å². The van der Waals surface area contributed by atoms with Gasteiger partial charge in [0, 0.05) is 26.7 Å². The molecule has 0 unspecified atom stereocenters. The molecule has 0 aliphatic rings. The van der Waals surface area contributed by atoms with Crippen LogP contribution in [0.15, 0.2) is 6.20 Å². The fourth-order valence-electron chi connectivity index (χ4n) is 1.63. The quantitative estimate of drug-likeness (QED) is 0.588. The fourth-order valence-corrected chi connectivity index (χ4v) is 1.63. The van der Waals surface area contributed by atoms with E-state index >= 15 is 0 Å². The van der Waals surface area contributed by atoms with Gasteiger partial charge in [-0.25, -0.2) is 4.98 Å². The number of aromatic nitrogens is 2. The molecule has 0 fully saturated rings. The summed E-state index contributed by atoms with van der Waals surface area (Å²) in [6, 6.07) is 0.0634. The summed E-state index contributed by atoms with van der Waals surface area (Å²) in [5.74, 6) is 0.653. The molecular formula is C11H19N5O3. The summed E-state index contributed by atoms with van der Waals surface area (Å²) in [5.41, 5.74) is -0.108. The first-order valence-electron chi connectivity index (χ1n) is 5.96. The highest BCUT2D eigenvalue weighted by Gasteiger charge is 2.24. The number of nitrogens with one attached hydrogen (secondary N) is 1. The molecule has 19 heavy (non-hydrogen) atoms. The van der Waals surface area contributed by atoms with Crippen LogP contribution in [0.25, 0.3) is 0 Å². The van der Waals surface area contributed by atoms with Gasteiger partial charge in [-0.2, -0.15) is 4.98 Å². The Hall–Kier alpha value is -1.96. The molecule has 0 aliphatic carbocycles. The molecule has 0 saturated carbocycles. The monoisotopic (exact) mass is 269 g/mol. The fraction of sp³-hybridized carbons (Fsp3) is 0.636. The largest absolute Gasteiger partial charge is 0.383 e. The number of rotatable bonds is 7. The summed E-state index contributed by atoms with van der Waals surface area (Å²) < 4.78 is 5.03. The Balaban J connectivity index is 3.20. The standard InChI is InChI=1S/C11H19N5O3/c1-8(2)15(5-6-19-4)10-9(16(17)18)7-13-11(12-3)14-10/h7-8H,5-6H2,1-4H3,(H,12,13,14). The molecule has 0 spiro atoms. The van der Waals surface area contributed by atoms with E-state index in [1.54, 1.807) is 14.2 Å². The minimum absolute atomic E-state index is 0.0634. The van der Waals surface area contributed by atoms with Crippen LogP contribution in [0.4, 0.5) is 17.5 Å². The molecule has 1 heterocycles. The molecule has 0 bridgehead atoms. The van der Waals surface area contributed by atoms with Crippen molar-refractivity contribution in [3.63, 3.8) is 0 Å². The van der Waals surface area contributed by atoms with Crippen molar-refractivity contribution in [3.8, 4) is 0 Å². The van der Waals surface area contributed by atoms with Crippen LogP contribution in [0.2, 0.25) is 0 Å². The van der Waals surface area contributed by atoms with Crippen LogP contribution in [0.3, 0.4) is 0 Å². The Morgan fingerprint density at radius 2 is 2.26 bits per heavy atom. The highest BCUT2D eigenvalue weighted by molar-refractivity contribution is 5.59. The molecule has 1 aromatic rings. The minimum atomic E-state index is -0.475. The van der Waals surface area contributed by atoms with Gasteiger partial charge in [0.2, 0.25) is 11.8 Å². The predicted molar refractivity (Wildman–Crippen MR) is 72.6 cm³/mol. The van der Waals surface area contributed by atoms with E-state index in [2.05, 4.69) is 15.3 Å². The molecule has 0 saturated heterocycles. The maximum atomic E-state index is 11.1. The molecule has 0 amide bonds. The number of hydrogen-bond acceptors (Lipinski definition) is 7. The molecule has 0 aliphatic heterocycles. The lowest BCUT2D eigenvalue weighted by atomic mass is 10.3. The molecule has 8 heteroatoms. The van der Waals surface area contributed by atoms with E-state index in [0.29, 0.717) is 24.9 Å². The third-order valence-corrected chi connectivity index (χ3v) is 2.60. The van der Waals surface area contributed by atoms with Crippen LogP contribution in [0.5, 0.6) is 0 Å². The lowest BCUT2D eigenvalue weighted by Gasteiger charge is -2.27. The SMILES string of the molecule is CNc1ncc([N+](=O)[O-])c(N(CCOC)C(C)C)n1. The van der Waals surface area contributed by atoms with E-state index < -0.39 is 4.92 Å². The van der Waals surface area contributed by atoms with Crippen molar-refractivity contribution >= 4 is 17.5 Å². The van der Waals surface area contributed by atoms with Crippen molar-refractivity contribution in [2.45, 2.75) is 19.9 Å². The molecule has 0 atom stereocenters. The molecule has 0 aromatic carbocycles. The topological polar surface area (TPSA) is 93.4 Å². The van der Waals surface area contributed by atoms with Gasteiger partial charge in [0.25, 0.3) is 0 Å². The van der Waals surface area contributed by atoms with Gasteiger partial charge in [0.1, 0.15) is 6.20 Å². The summed E-state index contributed by atoms with van der Waals surface area (Å²) >= 11 is 0. The number of ether oxygens (including phenoxy) is 1. The number of hydrogen-bond donors (Lipinski definition) is 1. The van der Waals surface area contributed by atoms with Crippen molar-refractivity contribution < 1.29 is 9.66 Å². The van der Waals surface area contributed by atoms with Crippen molar-refractivity contribution in [2.24, 2.45) is 0 Å². The van der Waals surface area contributed by atoms with E-state index in [9.17, 15) is 10.1 Å². The zero-order chi connectivity index (χ0) is 14.4. The van der Waals surface area contributed by atoms with Crippen molar-refractivity contribution in [1.82, 2.24) is 9.97 Å². The average Bonchev–Trinajstić information content (AvgIpc) is 2.38. The summed E-state index contributed by atoms with van der Waals surface area (Å²) in [4.78, 5) is 20.5. The van der Waals surface area contributed by atoms with E-state index in [4.69, 9.17) is 4.74 Å². The highest BCUT2D eigenvalue weighted by atomic mass is 16.6. The van der Waals surface area contributed by atoms with Crippen LogP contribution in [0, 0.1) is 10.1 Å². The second-order valence-corrected chi connectivity index (χ2v) is 4.19. The third-order valence-electron chi connectivity index (χ3n) is 2.60. The minimum Gasteiger partial charge on any atom is -0.383 e. The maximum Gasteiger partial charge on any atom is 0.329 e. The molecule has 106 valence electrons. The van der Waals surface area contributed by atoms with Crippen molar-refractivity contribution in [2.75, 3.05) is 37.5 Å². The van der Waals surface area contributed by atoms with Gasteiger partial charge >= 0.3 is 5.69 Å². The number of nitro groups is 1. The van der Waals surface area contributed by atoms with Crippen LogP contribution < -0.4 is 10.2 Å². The van der Waals surface area contributed by atoms with E-state index in [-0.39, 0.29) is 11.7 Å². The molecule has 1 N–H and O–H groups in total. The predicted octanol–water partition coefficient (Wildman–Crippen LogP) is 1.29. The van der Waals surface area contributed by atoms with Crippen LogP contribution in [-0.2, 0) is 4.74 Å². The van der Waals surface area contributed by atoms with Gasteiger partial charge in [-0.3, -0.25) is 10.1 Å². The maximum absolute atomic E-state index is 11.1. The molecule has 0 radical (unpaired) electrons. The van der Waals surface area contributed by atoms with Crippen LogP contribution in [-0.4, -0.2) is 48.2 Å². The summed E-state index contributed by atoms with van der Waals surface area (Å²) in [6.45, 7) is 4.88. The number of nitrogens with zero attached hydrogens (tertiary/aromatic N) is 4. The average molecular weight is 269 g/mol. The summed E-state index contributed by atoms with van der Waals surface area (Å²) in [6.07, 6.45) is 1.22. The zero-order valence-electron chi connectivity index (χ0n) is 11.6. The van der Waals surface area contributed by atoms with Gasteiger partial charge in [-0.1, -0.05) is 0 Å². The zero-order valence-corrected chi connectivity index (χ0v) is 11.6. The molecule has 1 rings (SSSR count). The molecule has 1 aromatic heterocycles. The molecule has 8 nitrogen and oxygen atoms in total. The van der Waals surface area contributed by atoms with Crippen molar-refractivity contribution in [1.29, 1.82) is 0 Å². The highest BCUT2D eigenvalue weighted by Crippen LogP contribution is 2.27. The Morgan fingerprint density at radius 1 is 1.58 bits per heavy atom. The van der Waals surface area contributed by atoms with Crippen LogP contribution >= 0.6 is 0 Å². The summed E-state index contributed by atoms with van der Waals surface area (Å²) in [7, 11) is 3.26. The normalized spacial score (nSPS) is 10.6. The lowest BCUT2D eigenvalue weighted by molar-refractivity contribution is -0.384. The van der Waals surface area contributed by atoms with Crippen LogP contribution in [0.1, 0.15) is 13.8 Å². The Kier molecular flexibility index (Phi) is 5.43. The molecular weight excluding hydrogens is 250 g/mol.